The number of hydrogen-bond acceptors (Lipinski definition) is 15. The molecule has 2 unspecified atom stereocenters. The summed E-state index contributed by atoms with van der Waals surface area (Å²) < 4.78 is 68.5. The molecule has 0 saturated heterocycles. The van der Waals surface area contributed by atoms with E-state index in [0.717, 1.165) is 102 Å². The Labute approximate surface area is 581 Å². The maximum absolute atomic E-state index is 13.1. The lowest BCUT2D eigenvalue weighted by Crippen LogP contribution is -2.30. The van der Waals surface area contributed by atoms with Gasteiger partial charge in [-0.1, -0.05) is 343 Å². The second kappa shape index (κ2) is 67.9. The molecule has 19 heteroatoms. The second-order valence-corrected chi connectivity index (χ2v) is 31.3. The monoisotopic (exact) mass is 1400 g/mol. The van der Waals surface area contributed by atoms with Gasteiger partial charge in [-0.3, -0.25) is 37.3 Å². The minimum atomic E-state index is -4.96. The first kappa shape index (κ1) is 93.1. The number of unbranched alkanes of at least 4 members (excludes halogenated alkanes) is 45. The molecule has 0 heterocycles. The first-order chi connectivity index (χ1) is 45.9. The number of rotatable bonds is 75. The predicted octanol–water partition coefficient (Wildman–Crippen LogP) is 22.3. The Morgan fingerprint density at radius 3 is 0.716 bits per heavy atom. The molecule has 0 radical (unpaired) electrons. The van der Waals surface area contributed by atoms with E-state index in [2.05, 4.69) is 41.5 Å². The van der Waals surface area contributed by atoms with Crippen LogP contribution in [0.1, 0.15) is 395 Å². The van der Waals surface area contributed by atoms with E-state index in [4.69, 9.17) is 37.0 Å². The van der Waals surface area contributed by atoms with Gasteiger partial charge in [0.25, 0.3) is 0 Å². The summed E-state index contributed by atoms with van der Waals surface area (Å²) in [5, 5.41) is 10.6. The number of aliphatic hydroxyl groups excluding tert-OH is 1. The molecule has 0 aliphatic rings. The summed E-state index contributed by atoms with van der Waals surface area (Å²) >= 11 is 0. The molecule has 0 bridgehead atoms. The summed E-state index contributed by atoms with van der Waals surface area (Å²) in [5.74, 6) is -0.547. The quantitative estimate of drug-likeness (QED) is 0.0222. The van der Waals surface area contributed by atoms with Gasteiger partial charge in [0.1, 0.15) is 19.3 Å². The Bertz CT molecular complexity index is 1840. The second-order valence-electron chi connectivity index (χ2n) is 28.3. The number of carbonyl (C=O) groups is 4. The van der Waals surface area contributed by atoms with E-state index >= 15 is 0 Å². The smallest absolute Gasteiger partial charge is 0.462 e. The third kappa shape index (κ3) is 70.3. The van der Waals surface area contributed by atoms with Crippen LogP contribution < -0.4 is 0 Å². The van der Waals surface area contributed by atoms with Crippen molar-refractivity contribution >= 4 is 39.5 Å². The number of carbonyl (C=O) groups excluding carboxylic acids is 4. The van der Waals surface area contributed by atoms with E-state index in [9.17, 15) is 43.2 Å². The zero-order chi connectivity index (χ0) is 70.0. The van der Waals surface area contributed by atoms with Gasteiger partial charge in [0.15, 0.2) is 12.2 Å². The Kier molecular flexibility index (Phi) is 66.5. The van der Waals surface area contributed by atoms with E-state index < -0.39 is 97.5 Å². The molecule has 0 fully saturated rings. The molecule has 95 heavy (non-hydrogen) atoms. The molecule has 0 aromatic rings. The van der Waals surface area contributed by atoms with Crippen LogP contribution in [0, 0.1) is 11.8 Å². The van der Waals surface area contributed by atoms with Gasteiger partial charge >= 0.3 is 39.5 Å². The topological polar surface area (TPSA) is 237 Å². The van der Waals surface area contributed by atoms with Crippen LogP contribution in [0.3, 0.4) is 0 Å². The number of phosphoric ester groups is 2. The van der Waals surface area contributed by atoms with Crippen molar-refractivity contribution in [2.75, 3.05) is 39.6 Å². The third-order valence-corrected chi connectivity index (χ3v) is 19.6. The highest BCUT2D eigenvalue weighted by atomic mass is 31.2. The number of esters is 4. The van der Waals surface area contributed by atoms with Crippen molar-refractivity contribution in [1.29, 1.82) is 0 Å². The summed E-state index contributed by atoms with van der Waals surface area (Å²) in [7, 11) is -9.91. The molecule has 0 rings (SSSR count). The lowest BCUT2D eigenvalue weighted by atomic mass is 10.0. The summed E-state index contributed by atoms with van der Waals surface area (Å²) in [4.78, 5) is 72.8. The highest BCUT2D eigenvalue weighted by molar-refractivity contribution is 7.47. The fourth-order valence-corrected chi connectivity index (χ4v) is 13.2. The molecular formula is C76H148O17P2. The molecular weight excluding hydrogens is 1250 g/mol. The van der Waals surface area contributed by atoms with Crippen LogP contribution in [0.2, 0.25) is 0 Å². The molecule has 0 aliphatic heterocycles. The number of aliphatic hydroxyl groups is 1. The molecule has 0 aliphatic carbocycles. The summed E-state index contributed by atoms with van der Waals surface area (Å²) in [6, 6.07) is 0. The average Bonchev–Trinajstić information content (AvgIpc) is 1.92. The van der Waals surface area contributed by atoms with E-state index in [1.165, 1.54) is 212 Å². The summed E-state index contributed by atoms with van der Waals surface area (Å²) in [5.41, 5.74) is 0. The number of phosphoric acid groups is 2. The van der Waals surface area contributed by atoms with Crippen molar-refractivity contribution in [3.05, 3.63) is 0 Å². The first-order valence-electron chi connectivity index (χ1n) is 39.5. The number of hydrogen-bond donors (Lipinski definition) is 3. The van der Waals surface area contributed by atoms with E-state index in [1.807, 2.05) is 0 Å². The van der Waals surface area contributed by atoms with Crippen molar-refractivity contribution in [3.63, 3.8) is 0 Å². The van der Waals surface area contributed by atoms with Crippen LogP contribution in [0.25, 0.3) is 0 Å². The molecule has 0 amide bonds. The van der Waals surface area contributed by atoms with Gasteiger partial charge in [0.05, 0.1) is 26.4 Å². The van der Waals surface area contributed by atoms with Gasteiger partial charge in [0.2, 0.25) is 0 Å². The van der Waals surface area contributed by atoms with Gasteiger partial charge < -0.3 is 33.8 Å². The van der Waals surface area contributed by atoms with Crippen LogP contribution in [0.15, 0.2) is 0 Å². The highest BCUT2D eigenvalue weighted by Gasteiger charge is 2.30. The Morgan fingerprint density at radius 1 is 0.284 bits per heavy atom. The fraction of sp³-hybridized carbons (Fsp3) is 0.947. The van der Waals surface area contributed by atoms with Crippen LogP contribution >= 0.6 is 15.6 Å². The highest BCUT2D eigenvalue weighted by Crippen LogP contribution is 2.45. The predicted molar refractivity (Wildman–Crippen MR) is 386 cm³/mol. The summed E-state index contributed by atoms with van der Waals surface area (Å²) in [6.07, 6.45) is 55.3. The van der Waals surface area contributed by atoms with Crippen molar-refractivity contribution in [3.8, 4) is 0 Å². The molecule has 0 spiro atoms. The largest absolute Gasteiger partial charge is 0.472 e. The third-order valence-electron chi connectivity index (χ3n) is 17.7. The van der Waals surface area contributed by atoms with Gasteiger partial charge in [0, 0.05) is 25.7 Å². The van der Waals surface area contributed by atoms with E-state index in [1.54, 1.807) is 0 Å². The Morgan fingerprint density at radius 2 is 0.484 bits per heavy atom. The van der Waals surface area contributed by atoms with Crippen LogP contribution in [-0.2, 0) is 65.4 Å². The van der Waals surface area contributed by atoms with Crippen molar-refractivity contribution in [2.24, 2.45) is 11.8 Å². The van der Waals surface area contributed by atoms with Crippen LogP contribution in [0.5, 0.6) is 0 Å². The van der Waals surface area contributed by atoms with Gasteiger partial charge in [-0.2, -0.15) is 0 Å². The fourth-order valence-electron chi connectivity index (χ4n) is 11.7. The molecule has 5 atom stereocenters. The molecule has 0 aromatic heterocycles. The standard InChI is InChI=1S/C76H148O17P2/c1-7-9-11-13-15-17-19-20-24-29-36-42-48-54-60-75(80)92-71(64-86-73(78)58-52-46-40-34-18-16-14-12-10-8-2)66-90-94(82,83)88-62-70(77)63-89-95(84,85)91-67-72(65-87-74(79)59-53-47-41-35-31-26-28-33-39-45-51-57-69(5)6)93-76(81)61-55-49-43-37-30-25-22-21-23-27-32-38-44-50-56-68(3)4/h68-72,77H,7-67H2,1-6H3,(H,82,83)(H,84,85)/t70-,71+,72+/m0/s1. The Balaban J connectivity index is 5.25. The van der Waals surface area contributed by atoms with Crippen molar-refractivity contribution in [1.82, 2.24) is 0 Å². The lowest BCUT2D eigenvalue weighted by Gasteiger charge is -2.21. The van der Waals surface area contributed by atoms with E-state index in [-0.39, 0.29) is 25.7 Å². The van der Waals surface area contributed by atoms with Crippen LogP contribution in [0.4, 0.5) is 0 Å². The number of ether oxygens (including phenoxy) is 4. The maximum Gasteiger partial charge on any atom is 0.472 e. The first-order valence-corrected chi connectivity index (χ1v) is 42.5. The van der Waals surface area contributed by atoms with Crippen LogP contribution in [-0.4, -0.2) is 96.7 Å². The Hall–Kier alpha value is -1.94. The van der Waals surface area contributed by atoms with Crippen molar-refractivity contribution < 1.29 is 80.2 Å². The van der Waals surface area contributed by atoms with Gasteiger partial charge in [-0.05, 0) is 37.5 Å². The van der Waals surface area contributed by atoms with Gasteiger partial charge in [-0.25, -0.2) is 9.13 Å². The minimum Gasteiger partial charge on any atom is -0.462 e. The van der Waals surface area contributed by atoms with E-state index in [0.29, 0.717) is 25.7 Å². The van der Waals surface area contributed by atoms with Gasteiger partial charge in [-0.15, -0.1) is 0 Å². The maximum atomic E-state index is 13.1. The molecule has 0 aromatic carbocycles. The molecule has 0 saturated carbocycles. The lowest BCUT2D eigenvalue weighted by molar-refractivity contribution is -0.161. The zero-order valence-corrected chi connectivity index (χ0v) is 63.8. The SMILES string of the molecule is CCCCCCCCCCCCCCCCC(=O)O[C@H](COC(=O)CCCCCCCCCCCC)COP(=O)(O)OC[C@H](O)COP(=O)(O)OC[C@@H](COC(=O)CCCCCCCCCCCCCC(C)C)OC(=O)CCCCCCCCCCCCCCCCC(C)C. The molecule has 3 N–H and O–H groups in total. The molecule has 564 valence electrons. The normalized spacial score (nSPS) is 14.0. The average molecular weight is 1400 g/mol. The summed E-state index contributed by atoms with van der Waals surface area (Å²) in [6.45, 7) is 9.62. The van der Waals surface area contributed by atoms with Crippen molar-refractivity contribution in [2.45, 2.75) is 413 Å². The molecule has 17 nitrogen and oxygen atoms in total. The minimum absolute atomic E-state index is 0.108. The zero-order valence-electron chi connectivity index (χ0n) is 62.0.